The molecule has 0 aromatic carbocycles. The highest BCUT2D eigenvalue weighted by molar-refractivity contribution is 5.96. The average Bonchev–Trinajstić information content (AvgIpc) is 2.98. The molecular formula is C12H13N5O3. The van der Waals surface area contributed by atoms with Crippen molar-refractivity contribution in [1.82, 2.24) is 25.1 Å². The Bertz CT molecular complexity index is 594. The van der Waals surface area contributed by atoms with Gasteiger partial charge in [-0.3, -0.25) is 4.79 Å². The molecule has 0 bridgehead atoms. The number of carbonyl (C=O) groups excluding carboxylic acids is 1. The standard InChI is InChI=1S/C12H13N5O3/c1-2-9(12(19)20)16-11(18)8-3-4-10(14-5-8)17-7-13-6-15-17/h3-7,9H,2H2,1H3,(H,16,18)(H,19,20)/t9-/m1/s1. The number of amides is 1. The number of carboxylic acids is 1. The van der Waals surface area contributed by atoms with Crippen molar-refractivity contribution >= 4 is 11.9 Å². The Kier molecular flexibility index (Phi) is 4.04. The van der Waals surface area contributed by atoms with Crippen molar-refractivity contribution in [2.24, 2.45) is 0 Å². The molecule has 1 atom stereocenters. The molecule has 2 heterocycles. The first-order valence-corrected chi connectivity index (χ1v) is 5.96. The number of aromatic nitrogens is 4. The summed E-state index contributed by atoms with van der Waals surface area (Å²) in [6.07, 6.45) is 4.53. The molecule has 1 amide bonds. The molecule has 2 aromatic heterocycles. The number of carboxylic acid groups (broad SMARTS) is 1. The number of nitrogens with one attached hydrogen (secondary N) is 1. The molecule has 2 N–H and O–H groups in total. The van der Waals surface area contributed by atoms with Crippen LogP contribution in [-0.2, 0) is 4.79 Å². The Morgan fingerprint density at radius 2 is 2.25 bits per heavy atom. The van der Waals surface area contributed by atoms with Crippen LogP contribution in [0, 0.1) is 0 Å². The Labute approximate surface area is 114 Å². The molecule has 2 aromatic rings. The zero-order valence-corrected chi connectivity index (χ0v) is 10.7. The van der Waals surface area contributed by atoms with E-state index in [1.165, 1.54) is 23.5 Å². The molecule has 20 heavy (non-hydrogen) atoms. The Morgan fingerprint density at radius 3 is 2.75 bits per heavy atom. The summed E-state index contributed by atoms with van der Waals surface area (Å²) in [7, 11) is 0. The summed E-state index contributed by atoms with van der Waals surface area (Å²) < 4.78 is 1.45. The Hall–Kier alpha value is -2.77. The summed E-state index contributed by atoms with van der Waals surface area (Å²) in [4.78, 5) is 30.6. The van der Waals surface area contributed by atoms with E-state index in [0.29, 0.717) is 12.2 Å². The van der Waals surface area contributed by atoms with E-state index in [9.17, 15) is 9.59 Å². The van der Waals surface area contributed by atoms with Crippen LogP contribution in [0.1, 0.15) is 23.7 Å². The number of hydrogen-bond acceptors (Lipinski definition) is 5. The highest BCUT2D eigenvalue weighted by atomic mass is 16.4. The minimum absolute atomic E-state index is 0.286. The minimum Gasteiger partial charge on any atom is -0.480 e. The van der Waals surface area contributed by atoms with Gasteiger partial charge in [-0.1, -0.05) is 6.92 Å². The van der Waals surface area contributed by atoms with Crippen LogP contribution < -0.4 is 5.32 Å². The first kappa shape index (κ1) is 13.7. The third-order valence-electron chi connectivity index (χ3n) is 2.68. The zero-order valence-electron chi connectivity index (χ0n) is 10.7. The highest BCUT2D eigenvalue weighted by Crippen LogP contribution is 2.05. The fourth-order valence-electron chi connectivity index (χ4n) is 1.56. The fraction of sp³-hybridized carbons (Fsp3) is 0.250. The van der Waals surface area contributed by atoms with Gasteiger partial charge >= 0.3 is 5.97 Å². The van der Waals surface area contributed by atoms with Gasteiger partial charge in [-0.05, 0) is 18.6 Å². The second-order valence-electron chi connectivity index (χ2n) is 4.02. The van der Waals surface area contributed by atoms with Gasteiger partial charge in [0.1, 0.15) is 18.7 Å². The zero-order chi connectivity index (χ0) is 14.5. The second-order valence-corrected chi connectivity index (χ2v) is 4.02. The van der Waals surface area contributed by atoms with Crippen LogP contribution in [0.5, 0.6) is 0 Å². The molecule has 0 aliphatic heterocycles. The van der Waals surface area contributed by atoms with Gasteiger partial charge < -0.3 is 10.4 Å². The Morgan fingerprint density at radius 1 is 1.45 bits per heavy atom. The SMILES string of the molecule is CC[C@@H](NC(=O)c1ccc(-n2cncn2)nc1)C(=O)O. The number of carbonyl (C=O) groups is 2. The van der Waals surface area contributed by atoms with E-state index in [1.807, 2.05) is 0 Å². The quantitative estimate of drug-likeness (QED) is 0.809. The summed E-state index contributed by atoms with van der Waals surface area (Å²) in [5.74, 6) is -1.02. The molecular weight excluding hydrogens is 262 g/mol. The van der Waals surface area contributed by atoms with Crippen LogP contribution in [0.2, 0.25) is 0 Å². The van der Waals surface area contributed by atoms with Crippen LogP contribution in [-0.4, -0.2) is 42.8 Å². The van der Waals surface area contributed by atoms with Crippen molar-refractivity contribution < 1.29 is 14.7 Å². The Balaban J connectivity index is 2.10. The normalized spacial score (nSPS) is 11.8. The number of hydrogen-bond donors (Lipinski definition) is 2. The maximum absolute atomic E-state index is 11.9. The monoisotopic (exact) mass is 275 g/mol. The molecule has 0 aliphatic carbocycles. The summed E-state index contributed by atoms with van der Waals surface area (Å²) in [6, 6.07) is 2.25. The lowest BCUT2D eigenvalue weighted by atomic mass is 10.2. The number of pyridine rings is 1. The molecule has 104 valence electrons. The summed E-state index contributed by atoms with van der Waals surface area (Å²) >= 11 is 0. The highest BCUT2D eigenvalue weighted by Gasteiger charge is 2.18. The van der Waals surface area contributed by atoms with Crippen molar-refractivity contribution in [3.63, 3.8) is 0 Å². The molecule has 8 nitrogen and oxygen atoms in total. The van der Waals surface area contributed by atoms with Crippen LogP contribution in [0.3, 0.4) is 0 Å². The first-order chi connectivity index (χ1) is 9.61. The van der Waals surface area contributed by atoms with E-state index in [-0.39, 0.29) is 5.56 Å². The van der Waals surface area contributed by atoms with Crippen molar-refractivity contribution in [2.45, 2.75) is 19.4 Å². The maximum atomic E-state index is 11.9. The fourth-order valence-corrected chi connectivity index (χ4v) is 1.56. The van der Waals surface area contributed by atoms with E-state index in [2.05, 4.69) is 20.4 Å². The van der Waals surface area contributed by atoms with Gasteiger partial charge in [0.2, 0.25) is 0 Å². The largest absolute Gasteiger partial charge is 0.480 e. The van der Waals surface area contributed by atoms with E-state index in [4.69, 9.17) is 5.11 Å². The molecule has 0 radical (unpaired) electrons. The van der Waals surface area contributed by atoms with Gasteiger partial charge in [-0.25, -0.2) is 19.4 Å². The van der Waals surface area contributed by atoms with Gasteiger partial charge in [0.15, 0.2) is 5.82 Å². The molecule has 8 heteroatoms. The van der Waals surface area contributed by atoms with Gasteiger partial charge in [0, 0.05) is 6.20 Å². The third kappa shape index (κ3) is 2.97. The van der Waals surface area contributed by atoms with Crippen LogP contribution in [0.4, 0.5) is 0 Å². The van der Waals surface area contributed by atoms with Gasteiger partial charge in [0.25, 0.3) is 5.91 Å². The van der Waals surface area contributed by atoms with Gasteiger partial charge in [-0.2, -0.15) is 5.10 Å². The number of rotatable bonds is 5. The average molecular weight is 275 g/mol. The van der Waals surface area contributed by atoms with Gasteiger partial charge in [0.05, 0.1) is 5.56 Å². The smallest absolute Gasteiger partial charge is 0.326 e. The van der Waals surface area contributed by atoms with E-state index in [1.54, 1.807) is 19.1 Å². The lowest BCUT2D eigenvalue weighted by Crippen LogP contribution is -2.40. The molecule has 0 spiro atoms. The molecule has 0 saturated heterocycles. The second kappa shape index (κ2) is 5.91. The minimum atomic E-state index is -1.06. The predicted octanol–water partition coefficient (Wildman–Crippen LogP) is 0.255. The van der Waals surface area contributed by atoms with Crippen LogP contribution in [0.25, 0.3) is 5.82 Å². The molecule has 0 fully saturated rings. The summed E-state index contributed by atoms with van der Waals surface area (Å²) in [6.45, 7) is 1.69. The lowest BCUT2D eigenvalue weighted by molar-refractivity contribution is -0.139. The topological polar surface area (TPSA) is 110 Å². The summed E-state index contributed by atoms with van der Waals surface area (Å²) in [5, 5.41) is 15.2. The molecule has 0 saturated carbocycles. The molecule has 2 rings (SSSR count). The van der Waals surface area contributed by atoms with Gasteiger partial charge in [-0.15, -0.1) is 0 Å². The molecule has 0 aliphatic rings. The van der Waals surface area contributed by atoms with Crippen molar-refractivity contribution in [2.75, 3.05) is 0 Å². The van der Waals surface area contributed by atoms with Crippen LogP contribution >= 0.6 is 0 Å². The lowest BCUT2D eigenvalue weighted by Gasteiger charge is -2.12. The van der Waals surface area contributed by atoms with Crippen molar-refractivity contribution in [1.29, 1.82) is 0 Å². The predicted molar refractivity (Wildman–Crippen MR) is 68.3 cm³/mol. The van der Waals surface area contributed by atoms with Crippen LogP contribution in [0.15, 0.2) is 31.0 Å². The number of nitrogens with zero attached hydrogens (tertiary/aromatic N) is 4. The van der Waals surface area contributed by atoms with Crippen molar-refractivity contribution in [3.05, 3.63) is 36.5 Å². The van der Waals surface area contributed by atoms with Crippen molar-refractivity contribution in [3.8, 4) is 5.82 Å². The van der Waals surface area contributed by atoms with E-state index in [0.717, 1.165) is 0 Å². The number of aliphatic carboxylic acids is 1. The third-order valence-corrected chi connectivity index (χ3v) is 2.68. The first-order valence-electron chi connectivity index (χ1n) is 5.96. The molecule has 0 unspecified atom stereocenters. The maximum Gasteiger partial charge on any atom is 0.326 e. The van der Waals surface area contributed by atoms with E-state index < -0.39 is 17.9 Å². The van der Waals surface area contributed by atoms with E-state index >= 15 is 0 Å². The summed E-state index contributed by atoms with van der Waals surface area (Å²) in [5.41, 5.74) is 0.286.